The summed E-state index contributed by atoms with van der Waals surface area (Å²) in [5, 5.41) is 0.403. The number of benzene rings is 2. The Kier molecular flexibility index (Phi) is 2.97. The minimum absolute atomic E-state index is 0.322. The van der Waals surface area contributed by atoms with Crippen LogP contribution in [0.15, 0.2) is 53.3 Å². The van der Waals surface area contributed by atoms with Gasteiger partial charge in [-0.1, -0.05) is 47.2 Å². The smallest absolute Gasteiger partial charge is 0.268 e. The van der Waals surface area contributed by atoms with Crippen LogP contribution in [-0.4, -0.2) is 10.5 Å². The first kappa shape index (κ1) is 12.1. The first-order chi connectivity index (χ1) is 9.18. The number of fused-ring (bicyclic) bond motifs is 1. The number of para-hydroxylation sites is 1. The highest BCUT2D eigenvalue weighted by atomic mass is 35.5. The first-order valence-electron chi connectivity index (χ1n) is 5.58. The molecule has 1 heterocycles. The molecule has 0 amide bonds. The van der Waals surface area contributed by atoms with E-state index in [1.807, 2.05) is 6.07 Å². The fourth-order valence-corrected chi connectivity index (χ4v) is 3.13. The van der Waals surface area contributed by atoms with Gasteiger partial charge in [0.05, 0.1) is 15.2 Å². The van der Waals surface area contributed by atoms with Gasteiger partial charge in [0.1, 0.15) is 0 Å². The summed E-state index contributed by atoms with van der Waals surface area (Å²) >= 11 is 7.12. The van der Waals surface area contributed by atoms with Crippen LogP contribution in [0.1, 0.15) is 10.4 Å². The predicted octanol–water partition coefficient (Wildman–Crippen LogP) is 3.40. The van der Waals surface area contributed by atoms with Crippen molar-refractivity contribution in [1.29, 1.82) is 0 Å². The van der Waals surface area contributed by atoms with E-state index in [2.05, 4.69) is 0 Å². The van der Waals surface area contributed by atoms with Gasteiger partial charge in [-0.2, -0.15) is 0 Å². The third-order valence-corrected chi connectivity index (χ3v) is 3.99. The number of hydrogen-bond acceptors (Lipinski definition) is 3. The van der Waals surface area contributed by atoms with Crippen LogP contribution in [0, 0.1) is 0 Å². The van der Waals surface area contributed by atoms with E-state index in [0.29, 0.717) is 20.8 Å². The second-order valence-electron chi connectivity index (χ2n) is 3.96. The highest BCUT2D eigenvalue weighted by Crippen LogP contribution is 2.25. The molecule has 3 aromatic rings. The third kappa shape index (κ3) is 1.99. The molecule has 3 nitrogen and oxygen atoms in total. The lowest BCUT2D eigenvalue weighted by atomic mass is 10.2. The summed E-state index contributed by atoms with van der Waals surface area (Å²) in [4.78, 5) is 24.1. The van der Waals surface area contributed by atoms with Crippen molar-refractivity contribution in [2.24, 2.45) is 0 Å². The molecule has 5 heteroatoms. The molecule has 0 aliphatic carbocycles. The van der Waals surface area contributed by atoms with E-state index in [-0.39, 0.29) is 10.8 Å². The summed E-state index contributed by atoms with van der Waals surface area (Å²) in [6.45, 7) is 0. The van der Waals surface area contributed by atoms with E-state index in [1.54, 1.807) is 42.5 Å². The zero-order valence-corrected chi connectivity index (χ0v) is 11.2. The summed E-state index contributed by atoms with van der Waals surface area (Å²) in [7, 11) is 0. The number of carbonyl (C=O) groups is 1. The van der Waals surface area contributed by atoms with Crippen molar-refractivity contribution >= 4 is 39.1 Å². The van der Waals surface area contributed by atoms with E-state index in [9.17, 15) is 9.59 Å². The topological polar surface area (TPSA) is 39.1 Å². The van der Waals surface area contributed by atoms with Crippen LogP contribution < -0.4 is 4.87 Å². The van der Waals surface area contributed by atoms with Crippen LogP contribution in [0.2, 0.25) is 5.02 Å². The summed E-state index contributed by atoms with van der Waals surface area (Å²) < 4.78 is 1.85. The zero-order chi connectivity index (χ0) is 13.4. The van der Waals surface area contributed by atoms with Crippen molar-refractivity contribution < 1.29 is 4.79 Å². The Morgan fingerprint density at radius 3 is 2.53 bits per heavy atom. The van der Waals surface area contributed by atoms with Crippen LogP contribution in [0.25, 0.3) is 10.2 Å². The molecular formula is C14H8ClNO2S. The van der Waals surface area contributed by atoms with E-state index >= 15 is 0 Å². The van der Waals surface area contributed by atoms with E-state index < -0.39 is 0 Å². The highest BCUT2D eigenvalue weighted by molar-refractivity contribution is 7.16. The molecule has 0 aliphatic rings. The number of nitrogens with zero attached hydrogens (tertiary/aromatic N) is 1. The number of halogens is 1. The van der Waals surface area contributed by atoms with Gasteiger partial charge in [-0.05, 0) is 24.3 Å². The maximum absolute atomic E-state index is 12.4. The standard InChI is InChI=1S/C14H8ClNO2S/c15-10-7-4-8-11-12(10)16(14(18)19-11)13(17)9-5-2-1-3-6-9/h1-8H. The summed E-state index contributed by atoms with van der Waals surface area (Å²) in [5.41, 5.74) is 0.942. The number of carbonyl (C=O) groups excluding carboxylic acids is 1. The van der Waals surface area contributed by atoms with Crippen molar-refractivity contribution in [2.45, 2.75) is 0 Å². The van der Waals surface area contributed by atoms with Gasteiger partial charge in [0.25, 0.3) is 5.91 Å². The lowest BCUT2D eigenvalue weighted by molar-refractivity contribution is 0.0962. The average Bonchev–Trinajstić information content (AvgIpc) is 2.76. The number of aromatic nitrogens is 1. The number of thiazole rings is 1. The molecule has 0 spiro atoms. The largest absolute Gasteiger partial charge is 0.315 e. The molecule has 3 rings (SSSR count). The van der Waals surface area contributed by atoms with E-state index in [1.165, 1.54) is 0 Å². The fraction of sp³-hybridized carbons (Fsp3) is 0. The number of rotatable bonds is 1. The van der Waals surface area contributed by atoms with Gasteiger partial charge in [-0.3, -0.25) is 9.59 Å². The molecule has 0 fully saturated rings. The molecule has 0 saturated carbocycles. The van der Waals surface area contributed by atoms with Crippen LogP contribution in [0.3, 0.4) is 0 Å². The van der Waals surface area contributed by atoms with Crippen molar-refractivity contribution in [1.82, 2.24) is 4.57 Å². The van der Waals surface area contributed by atoms with Gasteiger partial charge in [-0.15, -0.1) is 0 Å². The third-order valence-electron chi connectivity index (χ3n) is 2.78. The van der Waals surface area contributed by atoms with Gasteiger partial charge >= 0.3 is 4.87 Å². The molecule has 0 unspecified atom stereocenters. The lowest BCUT2D eigenvalue weighted by Crippen LogP contribution is -2.22. The predicted molar refractivity (Wildman–Crippen MR) is 77.3 cm³/mol. The van der Waals surface area contributed by atoms with Gasteiger partial charge in [-0.25, -0.2) is 4.57 Å². The Morgan fingerprint density at radius 2 is 1.79 bits per heavy atom. The maximum atomic E-state index is 12.4. The van der Waals surface area contributed by atoms with Crippen molar-refractivity contribution in [2.75, 3.05) is 0 Å². The zero-order valence-electron chi connectivity index (χ0n) is 9.67. The van der Waals surface area contributed by atoms with Gasteiger partial charge < -0.3 is 0 Å². The Labute approximate surface area is 117 Å². The Bertz CT molecular complexity index is 820. The van der Waals surface area contributed by atoms with Crippen LogP contribution >= 0.6 is 22.9 Å². The molecule has 2 aromatic carbocycles. The van der Waals surface area contributed by atoms with E-state index in [0.717, 1.165) is 15.9 Å². The minimum Gasteiger partial charge on any atom is -0.268 e. The van der Waals surface area contributed by atoms with Gasteiger partial charge in [0, 0.05) is 5.56 Å². The fourth-order valence-electron chi connectivity index (χ4n) is 1.92. The second kappa shape index (κ2) is 4.64. The molecule has 0 aliphatic heterocycles. The monoisotopic (exact) mass is 289 g/mol. The first-order valence-corrected chi connectivity index (χ1v) is 6.78. The molecule has 0 bridgehead atoms. The Balaban J connectivity index is 2.29. The Hall–Kier alpha value is -1.91. The molecule has 1 aromatic heterocycles. The molecule has 0 N–H and O–H groups in total. The van der Waals surface area contributed by atoms with Gasteiger partial charge in [0.2, 0.25) is 0 Å². The van der Waals surface area contributed by atoms with Crippen molar-refractivity contribution in [3.8, 4) is 0 Å². The maximum Gasteiger partial charge on any atom is 0.315 e. The van der Waals surface area contributed by atoms with Gasteiger partial charge in [0.15, 0.2) is 0 Å². The summed E-state index contributed by atoms with van der Waals surface area (Å²) in [6, 6.07) is 13.9. The summed E-state index contributed by atoms with van der Waals surface area (Å²) in [6.07, 6.45) is 0. The molecule has 0 atom stereocenters. The molecule has 94 valence electrons. The summed E-state index contributed by atoms with van der Waals surface area (Å²) in [5.74, 6) is -0.357. The molecular weight excluding hydrogens is 282 g/mol. The van der Waals surface area contributed by atoms with E-state index in [4.69, 9.17) is 11.6 Å². The highest BCUT2D eigenvalue weighted by Gasteiger charge is 2.17. The van der Waals surface area contributed by atoms with Crippen LogP contribution in [-0.2, 0) is 0 Å². The quantitative estimate of drug-likeness (QED) is 0.689. The lowest BCUT2D eigenvalue weighted by Gasteiger charge is -2.03. The average molecular weight is 290 g/mol. The molecule has 0 radical (unpaired) electrons. The van der Waals surface area contributed by atoms with Crippen LogP contribution in [0.5, 0.6) is 0 Å². The number of hydrogen-bond donors (Lipinski definition) is 0. The Morgan fingerprint density at radius 1 is 1.05 bits per heavy atom. The SMILES string of the molecule is O=C(c1ccccc1)n1c(=O)sc2cccc(Cl)c21. The van der Waals surface area contributed by atoms with Crippen molar-refractivity contribution in [3.63, 3.8) is 0 Å². The molecule has 19 heavy (non-hydrogen) atoms. The second-order valence-corrected chi connectivity index (χ2v) is 5.36. The van der Waals surface area contributed by atoms with Crippen LogP contribution in [0.4, 0.5) is 0 Å². The normalized spacial score (nSPS) is 10.8. The molecule has 0 saturated heterocycles. The van der Waals surface area contributed by atoms with Crippen molar-refractivity contribution in [3.05, 3.63) is 68.8 Å². The minimum atomic E-state index is -0.357.